The van der Waals surface area contributed by atoms with Crippen molar-refractivity contribution in [2.45, 2.75) is 38.0 Å². The van der Waals surface area contributed by atoms with Crippen LogP contribution in [0.3, 0.4) is 0 Å². The van der Waals surface area contributed by atoms with Crippen LogP contribution in [0.15, 0.2) is 41.3 Å². The molecule has 3 N–H and O–H groups in total. The fourth-order valence-corrected chi connectivity index (χ4v) is 3.53. The standard InChI is InChI=1S/C20H24N4O3S/c1-12-6-8-14(28(26,27)21-5)11-15(12)18(25)22-13-7-9-16-17(10-13)24-19(23-16)20(2,3)4/h6-11,21H,1-5H3,(H,22,25)(H,23,24). The highest BCUT2D eigenvalue weighted by Crippen LogP contribution is 2.25. The third kappa shape index (κ3) is 3.93. The van der Waals surface area contributed by atoms with Crippen molar-refractivity contribution >= 4 is 32.7 Å². The number of benzene rings is 2. The molecule has 0 unspecified atom stereocenters. The minimum atomic E-state index is -3.63. The Morgan fingerprint density at radius 2 is 1.82 bits per heavy atom. The summed E-state index contributed by atoms with van der Waals surface area (Å²) in [6.45, 7) is 7.98. The van der Waals surface area contributed by atoms with E-state index in [0.717, 1.165) is 16.9 Å². The Balaban J connectivity index is 1.92. The first kappa shape index (κ1) is 20.0. The first-order valence-corrected chi connectivity index (χ1v) is 10.4. The number of sulfonamides is 1. The number of aryl methyl sites for hydroxylation is 1. The van der Waals surface area contributed by atoms with Gasteiger partial charge in [0.1, 0.15) is 5.82 Å². The van der Waals surface area contributed by atoms with Gasteiger partial charge in [0.05, 0.1) is 15.9 Å². The maximum absolute atomic E-state index is 12.8. The Labute approximate surface area is 164 Å². The smallest absolute Gasteiger partial charge is 0.255 e. The van der Waals surface area contributed by atoms with Crippen LogP contribution in [-0.4, -0.2) is 31.3 Å². The number of amides is 1. The van der Waals surface area contributed by atoms with Gasteiger partial charge >= 0.3 is 0 Å². The molecule has 7 nitrogen and oxygen atoms in total. The summed E-state index contributed by atoms with van der Waals surface area (Å²) < 4.78 is 26.3. The van der Waals surface area contributed by atoms with Crippen LogP contribution in [0.2, 0.25) is 0 Å². The van der Waals surface area contributed by atoms with Crippen LogP contribution >= 0.6 is 0 Å². The number of anilines is 1. The summed E-state index contributed by atoms with van der Waals surface area (Å²) in [6.07, 6.45) is 0. The molecule has 0 aliphatic rings. The molecule has 0 saturated carbocycles. The first-order valence-electron chi connectivity index (χ1n) is 8.87. The Bertz CT molecular complexity index is 1160. The Kier molecular flexibility index (Phi) is 5.03. The van der Waals surface area contributed by atoms with Crippen molar-refractivity contribution in [3.05, 3.63) is 53.3 Å². The molecular formula is C20H24N4O3S. The fourth-order valence-electron chi connectivity index (χ4n) is 2.77. The van der Waals surface area contributed by atoms with Crippen LogP contribution < -0.4 is 10.0 Å². The van der Waals surface area contributed by atoms with E-state index in [4.69, 9.17) is 0 Å². The lowest BCUT2D eigenvalue weighted by Gasteiger charge is -2.13. The molecule has 3 rings (SSSR count). The monoisotopic (exact) mass is 400 g/mol. The second-order valence-electron chi connectivity index (χ2n) is 7.71. The molecule has 28 heavy (non-hydrogen) atoms. The van der Waals surface area contributed by atoms with E-state index in [1.54, 1.807) is 19.1 Å². The average Bonchev–Trinajstić information content (AvgIpc) is 3.05. The number of carbonyl (C=O) groups is 1. The van der Waals surface area contributed by atoms with Crippen molar-refractivity contribution in [3.63, 3.8) is 0 Å². The second kappa shape index (κ2) is 7.03. The van der Waals surface area contributed by atoms with E-state index < -0.39 is 10.0 Å². The quantitative estimate of drug-likeness (QED) is 0.625. The fraction of sp³-hybridized carbons (Fsp3) is 0.300. The second-order valence-corrected chi connectivity index (χ2v) is 9.59. The lowest BCUT2D eigenvalue weighted by molar-refractivity contribution is 0.102. The van der Waals surface area contributed by atoms with Gasteiger partial charge in [-0.1, -0.05) is 26.8 Å². The van der Waals surface area contributed by atoms with E-state index in [1.165, 1.54) is 19.2 Å². The van der Waals surface area contributed by atoms with Crippen molar-refractivity contribution in [2.24, 2.45) is 0 Å². The zero-order valence-electron chi connectivity index (χ0n) is 16.5. The summed E-state index contributed by atoms with van der Waals surface area (Å²) in [5.41, 5.74) is 3.12. The van der Waals surface area contributed by atoms with Gasteiger partial charge < -0.3 is 10.3 Å². The lowest BCUT2D eigenvalue weighted by Crippen LogP contribution is -2.20. The predicted octanol–water partition coefficient (Wildman–Crippen LogP) is 3.33. The van der Waals surface area contributed by atoms with E-state index in [2.05, 4.69) is 40.8 Å². The maximum Gasteiger partial charge on any atom is 0.255 e. The lowest BCUT2D eigenvalue weighted by atomic mass is 9.96. The van der Waals surface area contributed by atoms with E-state index in [1.807, 2.05) is 12.1 Å². The number of fused-ring (bicyclic) bond motifs is 1. The third-order valence-electron chi connectivity index (χ3n) is 4.48. The topological polar surface area (TPSA) is 104 Å². The first-order chi connectivity index (χ1) is 13.0. The molecule has 2 aromatic carbocycles. The van der Waals surface area contributed by atoms with Gasteiger partial charge in [-0.25, -0.2) is 18.1 Å². The minimum Gasteiger partial charge on any atom is -0.341 e. The third-order valence-corrected chi connectivity index (χ3v) is 5.89. The number of H-pyrrole nitrogens is 1. The van der Waals surface area contributed by atoms with Gasteiger partial charge in [-0.05, 0) is 49.9 Å². The van der Waals surface area contributed by atoms with Gasteiger partial charge in [-0.15, -0.1) is 0 Å². The van der Waals surface area contributed by atoms with Gasteiger partial charge in [0.2, 0.25) is 10.0 Å². The molecule has 8 heteroatoms. The van der Waals surface area contributed by atoms with Gasteiger partial charge in [-0.2, -0.15) is 0 Å². The number of imidazole rings is 1. The molecule has 0 bridgehead atoms. The summed E-state index contributed by atoms with van der Waals surface area (Å²) in [5, 5.41) is 2.83. The van der Waals surface area contributed by atoms with Crippen LogP contribution in [0.5, 0.6) is 0 Å². The van der Waals surface area contributed by atoms with Crippen LogP contribution in [0.1, 0.15) is 42.5 Å². The molecule has 3 aromatic rings. The number of aromatic nitrogens is 2. The zero-order valence-corrected chi connectivity index (χ0v) is 17.4. The number of hydrogen-bond acceptors (Lipinski definition) is 4. The predicted molar refractivity (Wildman–Crippen MR) is 110 cm³/mol. The Morgan fingerprint density at radius 3 is 2.46 bits per heavy atom. The number of nitrogens with zero attached hydrogens (tertiary/aromatic N) is 1. The highest BCUT2D eigenvalue weighted by atomic mass is 32.2. The number of carbonyl (C=O) groups excluding carboxylic acids is 1. The Hall–Kier alpha value is -2.71. The van der Waals surface area contributed by atoms with Gasteiger partial charge in [-0.3, -0.25) is 4.79 Å². The SMILES string of the molecule is CNS(=O)(=O)c1ccc(C)c(C(=O)Nc2ccc3nc(C(C)(C)C)[nH]c3c2)c1. The summed E-state index contributed by atoms with van der Waals surface area (Å²) in [7, 11) is -2.29. The number of rotatable bonds is 4. The van der Waals surface area contributed by atoms with Crippen molar-refractivity contribution < 1.29 is 13.2 Å². The Morgan fingerprint density at radius 1 is 1.11 bits per heavy atom. The molecule has 1 heterocycles. The molecule has 0 radical (unpaired) electrons. The molecule has 148 valence electrons. The molecular weight excluding hydrogens is 376 g/mol. The summed E-state index contributed by atoms with van der Waals surface area (Å²) in [5.74, 6) is 0.493. The molecule has 0 atom stereocenters. The molecule has 0 saturated heterocycles. The van der Waals surface area contributed by atoms with Crippen LogP contribution in [-0.2, 0) is 15.4 Å². The van der Waals surface area contributed by atoms with E-state index >= 15 is 0 Å². The average molecular weight is 401 g/mol. The molecule has 0 aliphatic carbocycles. The highest BCUT2D eigenvalue weighted by molar-refractivity contribution is 7.89. The van der Waals surface area contributed by atoms with Crippen molar-refractivity contribution in [3.8, 4) is 0 Å². The summed E-state index contributed by atoms with van der Waals surface area (Å²) >= 11 is 0. The highest BCUT2D eigenvalue weighted by Gasteiger charge is 2.19. The van der Waals surface area contributed by atoms with Crippen molar-refractivity contribution in [1.29, 1.82) is 0 Å². The number of aromatic amines is 1. The van der Waals surface area contributed by atoms with Crippen LogP contribution in [0.4, 0.5) is 5.69 Å². The van der Waals surface area contributed by atoms with Gasteiger partial charge in [0.15, 0.2) is 0 Å². The van der Waals surface area contributed by atoms with Gasteiger partial charge in [0, 0.05) is 16.7 Å². The molecule has 1 amide bonds. The summed E-state index contributed by atoms with van der Waals surface area (Å²) in [6, 6.07) is 9.90. The normalized spacial score (nSPS) is 12.3. The maximum atomic E-state index is 12.8. The van der Waals surface area contributed by atoms with E-state index in [-0.39, 0.29) is 16.2 Å². The molecule has 0 spiro atoms. The van der Waals surface area contributed by atoms with Crippen molar-refractivity contribution in [2.75, 3.05) is 12.4 Å². The number of nitrogens with one attached hydrogen (secondary N) is 3. The van der Waals surface area contributed by atoms with Gasteiger partial charge in [0.25, 0.3) is 5.91 Å². The van der Waals surface area contributed by atoms with E-state index in [9.17, 15) is 13.2 Å². The summed E-state index contributed by atoms with van der Waals surface area (Å²) in [4.78, 5) is 20.7. The number of hydrogen-bond donors (Lipinski definition) is 3. The van der Waals surface area contributed by atoms with E-state index in [0.29, 0.717) is 16.8 Å². The van der Waals surface area contributed by atoms with Crippen molar-refractivity contribution in [1.82, 2.24) is 14.7 Å². The molecule has 1 aromatic heterocycles. The molecule has 0 fully saturated rings. The van der Waals surface area contributed by atoms with Crippen LogP contribution in [0, 0.1) is 6.92 Å². The largest absolute Gasteiger partial charge is 0.341 e. The van der Waals surface area contributed by atoms with Crippen LogP contribution in [0.25, 0.3) is 11.0 Å². The minimum absolute atomic E-state index is 0.0459. The zero-order chi connectivity index (χ0) is 20.7. The molecule has 0 aliphatic heterocycles.